The minimum Gasteiger partial charge on any atom is -0.380 e. The summed E-state index contributed by atoms with van der Waals surface area (Å²) in [4.78, 5) is 2.21. The molecule has 0 unspecified atom stereocenters. The first-order valence-corrected chi connectivity index (χ1v) is 6.15. The van der Waals surface area contributed by atoms with Gasteiger partial charge in [0, 0.05) is 13.7 Å². The van der Waals surface area contributed by atoms with Crippen molar-refractivity contribution < 1.29 is 4.74 Å². The van der Waals surface area contributed by atoms with Crippen molar-refractivity contribution in [3.05, 3.63) is 35.4 Å². The molecule has 1 rings (SSSR count). The molecule has 0 aliphatic carbocycles. The highest BCUT2D eigenvalue weighted by atomic mass is 16.5. The minimum absolute atomic E-state index is 0.690. The number of ether oxygens (including phenoxy) is 1. The van der Waals surface area contributed by atoms with E-state index in [1.54, 1.807) is 7.11 Å². The van der Waals surface area contributed by atoms with Gasteiger partial charge in [0.2, 0.25) is 0 Å². The molecule has 96 valence electrons. The molecule has 0 aliphatic rings. The topological polar surface area (TPSA) is 24.5 Å². The summed E-state index contributed by atoms with van der Waals surface area (Å²) in [7, 11) is 5.95. The molecule has 3 nitrogen and oxygen atoms in total. The van der Waals surface area contributed by atoms with Crippen molar-refractivity contribution >= 4 is 0 Å². The van der Waals surface area contributed by atoms with Gasteiger partial charge in [0.25, 0.3) is 0 Å². The van der Waals surface area contributed by atoms with Gasteiger partial charge in [0.05, 0.1) is 6.61 Å². The molecule has 0 atom stereocenters. The fourth-order valence-electron chi connectivity index (χ4n) is 1.77. The van der Waals surface area contributed by atoms with E-state index in [1.807, 2.05) is 0 Å². The third-order valence-electron chi connectivity index (χ3n) is 2.69. The largest absolute Gasteiger partial charge is 0.380 e. The van der Waals surface area contributed by atoms with Crippen molar-refractivity contribution in [1.29, 1.82) is 0 Å². The zero-order chi connectivity index (χ0) is 12.5. The van der Waals surface area contributed by atoms with E-state index in [1.165, 1.54) is 17.5 Å². The van der Waals surface area contributed by atoms with Crippen LogP contribution in [-0.4, -0.2) is 39.2 Å². The van der Waals surface area contributed by atoms with Gasteiger partial charge in [-0.2, -0.15) is 0 Å². The summed E-state index contributed by atoms with van der Waals surface area (Å²) in [5, 5.41) is 3.47. The Morgan fingerprint density at radius 1 is 1.18 bits per heavy atom. The summed E-state index contributed by atoms with van der Waals surface area (Å²) in [6, 6.07) is 8.42. The fraction of sp³-hybridized carbons (Fsp3) is 0.571. The van der Waals surface area contributed by atoms with Gasteiger partial charge in [-0.05, 0) is 44.7 Å². The van der Waals surface area contributed by atoms with E-state index in [0.717, 1.165) is 19.6 Å². The molecule has 17 heavy (non-hydrogen) atoms. The van der Waals surface area contributed by atoms with Crippen LogP contribution < -0.4 is 5.32 Å². The second-order valence-electron chi connectivity index (χ2n) is 4.54. The number of hydrogen-bond acceptors (Lipinski definition) is 3. The van der Waals surface area contributed by atoms with Crippen molar-refractivity contribution in [1.82, 2.24) is 10.2 Å². The Hall–Kier alpha value is -0.900. The Labute approximate surface area is 105 Å². The molecule has 0 aromatic heterocycles. The SMILES string of the molecule is COCc1ccccc1CNCCCN(C)C. The number of hydrogen-bond donors (Lipinski definition) is 1. The van der Waals surface area contributed by atoms with Gasteiger partial charge in [0.15, 0.2) is 0 Å². The molecule has 0 aliphatic heterocycles. The van der Waals surface area contributed by atoms with Crippen LogP contribution in [0.15, 0.2) is 24.3 Å². The van der Waals surface area contributed by atoms with Crippen molar-refractivity contribution in [3.8, 4) is 0 Å². The molecule has 1 aromatic rings. The smallest absolute Gasteiger partial charge is 0.0716 e. The Morgan fingerprint density at radius 3 is 2.53 bits per heavy atom. The minimum atomic E-state index is 0.690. The summed E-state index contributed by atoms with van der Waals surface area (Å²) in [5.41, 5.74) is 2.61. The van der Waals surface area contributed by atoms with Crippen LogP contribution in [0.1, 0.15) is 17.5 Å². The number of benzene rings is 1. The maximum Gasteiger partial charge on any atom is 0.0716 e. The molecular formula is C14H24N2O. The molecule has 3 heteroatoms. The Bertz CT molecular complexity index is 313. The molecule has 1 aromatic carbocycles. The summed E-state index contributed by atoms with van der Waals surface area (Å²) in [5.74, 6) is 0. The number of nitrogens with zero attached hydrogens (tertiary/aromatic N) is 1. The molecule has 0 amide bonds. The van der Waals surface area contributed by atoms with Crippen LogP contribution in [0.2, 0.25) is 0 Å². The predicted octanol–water partition coefficient (Wildman–Crippen LogP) is 1.87. The van der Waals surface area contributed by atoms with E-state index >= 15 is 0 Å². The van der Waals surface area contributed by atoms with Crippen LogP contribution in [0.4, 0.5) is 0 Å². The average molecular weight is 236 g/mol. The summed E-state index contributed by atoms with van der Waals surface area (Å²) in [6.45, 7) is 3.80. The number of rotatable bonds is 8. The zero-order valence-corrected chi connectivity index (χ0v) is 11.2. The van der Waals surface area contributed by atoms with Gasteiger partial charge >= 0.3 is 0 Å². The fourth-order valence-corrected chi connectivity index (χ4v) is 1.77. The normalized spacial score (nSPS) is 11.1. The van der Waals surface area contributed by atoms with E-state index in [9.17, 15) is 0 Å². The molecule has 0 radical (unpaired) electrons. The highest BCUT2D eigenvalue weighted by molar-refractivity contribution is 5.26. The maximum atomic E-state index is 5.19. The van der Waals surface area contributed by atoms with E-state index < -0.39 is 0 Å². The zero-order valence-electron chi connectivity index (χ0n) is 11.2. The van der Waals surface area contributed by atoms with Crippen LogP contribution in [0, 0.1) is 0 Å². The molecule has 0 fully saturated rings. The van der Waals surface area contributed by atoms with Crippen LogP contribution in [0.5, 0.6) is 0 Å². The lowest BCUT2D eigenvalue weighted by Crippen LogP contribution is -2.21. The molecule has 1 N–H and O–H groups in total. The van der Waals surface area contributed by atoms with Crippen LogP contribution in [-0.2, 0) is 17.9 Å². The molecule has 0 bridgehead atoms. The van der Waals surface area contributed by atoms with Crippen LogP contribution in [0.3, 0.4) is 0 Å². The van der Waals surface area contributed by atoms with Gasteiger partial charge in [-0.25, -0.2) is 0 Å². The molecule has 0 saturated heterocycles. The van der Waals surface area contributed by atoms with Crippen molar-refractivity contribution in [2.45, 2.75) is 19.6 Å². The summed E-state index contributed by atoms with van der Waals surface area (Å²) >= 11 is 0. The van der Waals surface area contributed by atoms with E-state index in [2.05, 4.69) is 48.6 Å². The highest BCUT2D eigenvalue weighted by Gasteiger charge is 2.00. The van der Waals surface area contributed by atoms with Crippen molar-refractivity contribution in [2.24, 2.45) is 0 Å². The van der Waals surface area contributed by atoms with E-state index in [4.69, 9.17) is 4.74 Å². The molecule has 0 heterocycles. The first kappa shape index (κ1) is 14.2. The summed E-state index contributed by atoms with van der Waals surface area (Å²) in [6.07, 6.45) is 1.18. The monoisotopic (exact) mass is 236 g/mol. The van der Waals surface area contributed by atoms with Gasteiger partial charge in [-0.15, -0.1) is 0 Å². The quantitative estimate of drug-likeness (QED) is 0.697. The third-order valence-corrected chi connectivity index (χ3v) is 2.69. The maximum absolute atomic E-state index is 5.19. The lowest BCUT2D eigenvalue weighted by atomic mass is 10.1. The number of nitrogens with one attached hydrogen (secondary N) is 1. The van der Waals surface area contributed by atoms with Crippen molar-refractivity contribution in [2.75, 3.05) is 34.3 Å². The first-order chi connectivity index (χ1) is 8.24. The Morgan fingerprint density at radius 2 is 1.88 bits per heavy atom. The molecule has 0 saturated carbocycles. The first-order valence-electron chi connectivity index (χ1n) is 6.15. The summed E-state index contributed by atoms with van der Waals surface area (Å²) < 4.78 is 5.19. The standard InChI is InChI=1S/C14H24N2O/c1-16(2)10-6-9-15-11-13-7-4-5-8-14(13)12-17-3/h4-5,7-8,15H,6,9-12H2,1-3H3. The third kappa shape index (κ3) is 5.82. The van der Waals surface area contributed by atoms with Crippen LogP contribution in [0.25, 0.3) is 0 Å². The molecule has 0 spiro atoms. The Balaban J connectivity index is 2.30. The van der Waals surface area contributed by atoms with Crippen molar-refractivity contribution in [3.63, 3.8) is 0 Å². The average Bonchev–Trinajstić information content (AvgIpc) is 2.31. The van der Waals surface area contributed by atoms with Gasteiger partial charge in [-0.1, -0.05) is 24.3 Å². The second kappa shape index (κ2) is 8.23. The highest BCUT2D eigenvalue weighted by Crippen LogP contribution is 2.09. The lowest BCUT2D eigenvalue weighted by Gasteiger charge is -2.11. The van der Waals surface area contributed by atoms with Crippen LogP contribution >= 0.6 is 0 Å². The predicted molar refractivity (Wildman–Crippen MR) is 72.0 cm³/mol. The van der Waals surface area contributed by atoms with Gasteiger partial charge < -0.3 is 15.0 Å². The Kier molecular flexibility index (Phi) is 6.86. The van der Waals surface area contributed by atoms with E-state index in [0.29, 0.717) is 6.61 Å². The number of methoxy groups -OCH3 is 1. The van der Waals surface area contributed by atoms with Gasteiger partial charge in [-0.3, -0.25) is 0 Å². The molecular weight excluding hydrogens is 212 g/mol. The van der Waals surface area contributed by atoms with Gasteiger partial charge in [0.1, 0.15) is 0 Å². The van der Waals surface area contributed by atoms with E-state index in [-0.39, 0.29) is 0 Å². The second-order valence-corrected chi connectivity index (χ2v) is 4.54. The lowest BCUT2D eigenvalue weighted by molar-refractivity contribution is 0.184.